The van der Waals surface area contributed by atoms with Gasteiger partial charge in [-0.2, -0.15) is 0 Å². The van der Waals surface area contributed by atoms with Gasteiger partial charge in [-0.1, -0.05) is 29.3 Å². The maximum absolute atomic E-state index is 12.4. The van der Waals surface area contributed by atoms with Crippen molar-refractivity contribution in [1.82, 2.24) is 10.2 Å². The summed E-state index contributed by atoms with van der Waals surface area (Å²) < 4.78 is 0. The van der Waals surface area contributed by atoms with Crippen LogP contribution in [-0.4, -0.2) is 29.8 Å². The molecule has 1 aliphatic heterocycles. The van der Waals surface area contributed by atoms with Crippen LogP contribution < -0.4 is 5.32 Å². The Bertz CT molecular complexity index is 569. The maximum Gasteiger partial charge on any atom is 0.223 e. The Labute approximate surface area is 140 Å². The Morgan fingerprint density at radius 2 is 1.91 bits per heavy atom. The molecule has 0 aromatic heterocycles. The molecule has 1 N–H and O–H groups in total. The summed E-state index contributed by atoms with van der Waals surface area (Å²) >= 11 is 12.1. The summed E-state index contributed by atoms with van der Waals surface area (Å²) in [5.74, 6) is 0.0333. The molecule has 1 aliphatic rings. The first kappa shape index (κ1) is 17.1. The molecule has 6 heteroatoms. The summed E-state index contributed by atoms with van der Waals surface area (Å²) in [6, 6.07) is 5.08. The average Bonchev–Trinajstić information content (AvgIpc) is 2.47. The van der Waals surface area contributed by atoms with Gasteiger partial charge in [0.1, 0.15) is 0 Å². The first-order valence-corrected chi connectivity index (χ1v) is 8.15. The molecule has 1 unspecified atom stereocenters. The monoisotopic (exact) mass is 342 g/mol. The largest absolute Gasteiger partial charge is 0.349 e. The van der Waals surface area contributed by atoms with Crippen LogP contribution in [0.3, 0.4) is 0 Å². The third-order valence-electron chi connectivity index (χ3n) is 4.10. The average molecular weight is 343 g/mol. The number of hydrogen-bond donors (Lipinski definition) is 1. The number of carbonyl (C=O) groups is 2. The van der Waals surface area contributed by atoms with Gasteiger partial charge in [0.05, 0.1) is 6.04 Å². The van der Waals surface area contributed by atoms with Gasteiger partial charge in [-0.15, -0.1) is 0 Å². The van der Waals surface area contributed by atoms with Crippen LogP contribution >= 0.6 is 23.2 Å². The molecule has 1 fully saturated rings. The number of hydrogen-bond acceptors (Lipinski definition) is 2. The lowest BCUT2D eigenvalue weighted by Gasteiger charge is -2.31. The highest BCUT2D eigenvalue weighted by Crippen LogP contribution is 2.27. The summed E-state index contributed by atoms with van der Waals surface area (Å²) in [5.41, 5.74) is 0.848. The van der Waals surface area contributed by atoms with Crippen LogP contribution in [0.2, 0.25) is 10.0 Å². The molecule has 2 amide bonds. The molecular weight excluding hydrogens is 323 g/mol. The van der Waals surface area contributed by atoms with Gasteiger partial charge in [0.25, 0.3) is 0 Å². The highest BCUT2D eigenvalue weighted by atomic mass is 35.5. The van der Waals surface area contributed by atoms with E-state index in [2.05, 4.69) is 5.32 Å². The van der Waals surface area contributed by atoms with Crippen molar-refractivity contribution in [2.24, 2.45) is 5.92 Å². The summed E-state index contributed by atoms with van der Waals surface area (Å²) in [7, 11) is 0. The van der Waals surface area contributed by atoms with E-state index in [9.17, 15) is 9.59 Å². The topological polar surface area (TPSA) is 49.4 Å². The SMILES string of the molecule is CC(=O)N1CCC(C(=O)NC(C)c2ccc(Cl)cc2Cl)CC1. The zero-order valence-electron chi connectivity index (χ0n) is 12.7. The summed E-state index contributed by atoms with van der Waals surface area (Å²) in [4.78, 5) is 25.4. The summed E-state index contributed by atoms with van der Waals surface area (Å²) in [6.45, 7) is 4.75. The molecule has 22 heavy (non-hydrogen) atoms. The number of carbonyl (C=O) groups excluding carboxylic acids is 2. The van der Waals surface area contributed by atoms with E-state index in [0.717, 1.165) is 5.56 Å². The van der Waals surface area contributed by atoms with Crippen molar-refractivity contribution in [3.63, 3.8) is 0 Å². The van der Waals surface area contributed by atoms with Gasteiger partial charge in [0, 0.05) is 36.0 Å². The van der Waals surface area contributed by atoms with Gasteiger partial charge in [-0.05, 0) is 37.5 Å². The van der Waals surface area contributed by atoms with Crippen molar-refractivity contribution >= 4 is 35.0 Å². The minimum atomic E-state index is -0.178. The molecule has 4 nitrogen and oxygen atoms in total. The lowest BCUT2D eigenvalue weighted by molar-refractivity contribution is -0.134. The van der Waals surface area contributed by atoms with E-state index in [1.54, 1.807) is 24.0 Å². The van der Waals surface area contributed by atoms with E-state index in [0.29, 0.717) is 36.0 Å². The van der Waals surface area contributed by atoms with Crippen LogP contribution in [0.1, 0.15) is 38.3 Å². The number of piperidine rings is 1. The fourth-order valence-corrected chi connectivity index (χ4v) is 3.29. The third kappa shape index (κ3) is 4.14. The van der Waals surface area contributed by atoms with E-state index < -0.39 is 0 Å². The fourth-order valence-electron chi connectivity index (χ4n) is 2.72. The molecule has 1 aromatic carbocycles. The second-order valence-corrected chi connectivity index (χ2v) is 6.52. The molecule has 1 atom stereocenters. The zero-order valence-corrected chi connectivity index (χ0v) is 14.2. The maximum atomic E-state index is 12.4. The van der Waals surface area contributed by atoms with Crippen LogP contribution in [0.25, 0.3) is 0 Å². The Morgan fingerprint density at radius 3 is 2.45 bits per heavy atom. The number of nitrogens with zero attached hydrogens (tertiary/aromatic N) is 1. The second kappa shape index (κ2) is 7.34. The molecule has 1 heterocycles. The molecule has 0 spiro atoms. The number of likely N-dealkylation sites (tertiary alicyclic amines) is 1. The summed E-state index contributed by atoms with van der Waals surface area (Å²) in [5, 5.41) is 4.12. The molecule has 0 radical (unpaired) electrons. The molecule has 1 saturated heterocycles. The molecule has 1 aromatic rings. The molecule has 0 saturated carbocycles. The number of amides is 2. The van der Waals surface area contributed by atoms with Crippen molar-refractivity contribution in [3.8, 4) is 0 Å². The van der Waals surface area contributed by atoms with E-state index in [-0.39, 0.29) is 23.8 Å². The van der Waals surface area contributed by atoms with Crippen LogP contribution in [0, 0.1) is 5.92 Å². The van der Waals surface area contributed by atoms with E-state index >= 15 is 0 Å². The fraction of sp³-hybridized carbons (Fsp3) is 0.500. The van der Waals surface area contributed by atoms with Crippen LogP contribution in [-0.2, 0) is 9.59 Å². The van der Waals surface area contributed by atoms with Crippen molar-refractivity contribution in [2.45, 2.75) is 32.7 Å². The highest BCUT2D eigenvalue weighted by Gasteiger charge is 2.27. The zero-order chi connectivity index (χ0) is 16.3. The van der Waals surface area contributed by atoms with Gasteiger partial charge in [-0.3, -0.25) is 9.59 Å². The van der Waals surface area contributed by atoms with Gasteiger partial charge >= 0.3 is 0 Å². The van der Waals surface area contributed by atoms with Gasteiger partial charge in [0.2, 0.25) is 11.8 Å². The number of benzene rings is 1. The second-order valence-electron chi connectivity index (χ2n) is 5.68. The predicted octanol–water partition coefficient (Wildman–Crippen LogP) is 3.43. The molecule has 0 bridgehead atoms. The lowest BCUT2D eigenvalue weighted by atomic mass is 9.95. The normalized spacial score (nSPS) is 17.2. The standard InChI is InChI=1S/C16H20Cl2N2O2/c1-10(14-4-3-13(17)9-15(14)18)19-16(22)12-5-7-20(8-6-12)11(2)21/h3-4,9-10,12H,5-8H2,1-2H3,(H,19,22). The quantitative estimate of drug-likeness (QED) is 0.914. The van der Waals surface area contributed by atoms with E-state index in [4.69, 9.17) is 23.2 Å². The van der Waals surface area contributed by atoms with Crippen LogP contribution in [0.5, 0.6) is 0 Å². The van der Waals surface area contributed by atoms with Crippen molar-refractivity contribution in [3.05, 3.63) is 33.8 Å². The first-order valence-electron chi connectivity index (χ1n) is 7.39. The van der Waals surface area contributed by atoms with Gasteiger partial charge < -0.3 is 10.2 Å². The molecule has 120 valence electrons. The highest BCUT2D eigenvalue weighted by molar-refractivity contribution is 6.35. The number of halogens is 2. The van der Waals surface area contributed by atoms with E-state index in [1.165, 1.54) is 0 Å². The Morgan fingerprint density at radius 1 is 1.27 bits per heavy atom. The first-order chi connectivity index (χ1) is 10.4. The molecular formula is C16H20Cl2N2O2. The van der Waals surface area contributed by atoms with Gasteiger partial charge in [-0.25, -0.2) is 0 Å². The number of nitrogens with one attached hydrogen (secondary N) is 1. The third-order valence-corrected chi connectivity index (χ3v) is 4.66. The Hall–Kier alpha value is -1.26. The van der Waals surface area contributed by atoms with Crippen LogP contribution in [0.15, 0.2) is 18.2 Å². The minimum Gasteiger partial charge on any atom is -0.349 e. The Balaban J connectivity index is 1.93. The smallest absolute Gasteiger partial charge is 0.223 e. The Kier molecular flexibility index (Phi) is 5.70. The van der Waals surface area contributed by atoms with Crippen molar-refractivity contribution < 1.29 is 9.59 Å². The van der Waals surface area contributed by atoms with E-state index in [1.807, 2.05) is 13.0 Å². The predicted molar refractivity (Wildman–Crippen MR) is 88.0 cm³/mol. The van der Waals surface area contributed by atoms with Crippen molar-refractivity contribution in [2.75, 3.05) is 13.1 Å². The summed E-state index contributed by atoms with van der Waals surface area (Å²) in [6.07, 6.45) is 1.40. The molecule has 2 rings (SSSR count). The molecule has 0 aliphatic carbocycles. The van der Waals surface area contributed by atoms with Crippen LogP contribution in [0.4, 0.5) is 0 Å². The minimum absolute atomic E-state index is 0.0155. The van der Waals surface area contributed by atoms with Crippen molar-refractivity contribution in [1.29, 1.82) is 0 Å². The number of rotatable bonds is 3. The lowest BCUT2D eigenvalue weighted by Crippen LogP contribution is -2.42. The van der Waals surface area contributed by atoms with Gasteiger partial charge in [0.15, 0.2) is 0 Å².